The maximum Gasteiger partial charge on any atom is 0.338 e. The molecule has 0 saturated carbocycles. The zero-order valence-corrected chi connectivity index (χ0v) is 17.8. The van der Waals surface area contributed by atoms with Crippen LogP contribution in [0.5, 0.6) is 17.2 Å². The quantitative estimate of drug-likeness (QED) is 0.654. The lowest BCUT2D eigenvalue weighted by Gasteiger charge is -2.23. The highest BCUT2D eigenvalue weighted by molar-refractivity contribution is 6.04. The standard InChI is InChI=1S/C24H25NO5/c1-12-8-16(9-13(2)23(12)26)20-14(3)25-7-6-15-10-18(29-4)19(30-5)11-17(15)22(25)21(20)24(27)28/h8-11,26H,6-7H2,1-5H3,(H,27,28). The average molecular weight is 407 g/mol. The lowest BCUT2D eigenvalue weighted by atomic mass is 9.92. The molecule has 1 aromatic heterocycles. The van der Waals surface area contributed by atoms with Gasteiger partial charge in [-0.25, -0.2) is 4.79 Å². The number of phenols is 1. The number of hydrogen-bond acceptors (Lipinski definition) is 4. The molecule has 3 aromatic rings. The summed E-state index contributed by atoms with van der Waals surface area (Å²) >= 11 is 0. The number of rotatable bonds is 4. The highest BCUT2D eigenvalue weighted by Gasteiger charge is 2.31. The molecule has 0 fully saturated rings. The molecular weight excluding hydrogens is 382 g/mol. The second-order valence-electron chi connectivity index (χ2n) is 7.71. The minimum Gasteiger partial charge on any atom is -0.507 e. The number of carbonyl (C=O) groups is 1. The minimum atomic E-state index is -0.979. The average Bonchev–Trinajstić information content (AvgIpc) is 3.03. The molecule has 30 heavy (non-hydrogen) atoms. The van der Waals surface area contributed by atoms with Gasteiger partial charge in [0.05, 0.1) is 25.5 Å². The SMILES string of the molecule is COc1cc2c(cc1OC)-c1c(C(=O)O)c(-c3cc(C)c(O)c(C)c3)c(C)n1CC2. The molecule has 2 N–H and O–H groups in total. The normalized spacial score (nSPS) is 12.3. The van der Waals surface area contributed by atoms with Gasteiger partial charge in [-0.3, -0.25) is 0 Å². The predicted octanol–water partition coefficient (Wildman–Crippen LogP) is 4.72. The first-order chi connectivity index (χ1) is 14.3. The van der Waals surface area contributed by atoms with Crippen LogP contribution in [0.1, 0.15) is 32.7 Å². The van der Waals surface area contributed by atoms with Gasteiger partial charge < -0.3 is 24.3 Å². The zero-order valence-electron chi connectivity index (χ0n) is 17.8. The summed E-state index contributed by atoms with van der Waals surface area (Å²) in [5, 5.41) is 20.4. The Balaban J connectivity index is 2.06. The number of fused-ring (bicyclic) bond motifs is 3. The van der Waals surface area contributed by atoms with Gasteiger partial charge in [0.25, 0.3) is 0 Å². The highest BCUT2D eigenvalue weighted by atomic mass is 16.5. The van der Waals surface area contributed by atoms with E-state index in [1.54, 1.807) is 14.2 Å². The lowest BCUT2D eigenvalue weighted by molar-refractivity contribution is 0.0698. The van der Waals surface area contributed by atoms with Gasteiger partial charge in [0.15, 0.2) is 11.5 Å². The van der Waals surface area contributed by atoms with Crippen LogP contribution in [0.4, 0.5) is 0 Å². The maximum absolute atomic E-state index is 12.5. The van der Waals surface area contributed by atoms with Crippen molar-refractivity contribution in [2.75, 3.05) is 14.2 Å². The van der Waals surface area contributed by atoms with Crippen LogP contribution in [0.15, 0.2) is 24.3 Å². The van der Waals surface area contributed by atoms with E-state index in [0.29, 0.717) is 29.3 Å². The van der Waals surface area contributed by atoms with E-state index in [1.165, 1.54) is 0 Å². The van der Waals surface area contributed by atoms with Crippen LogP contribution in [0.3, 0.4) is 0 Å². The number of methoxy groups -OCH3 is 2. The van der Waals surface area contributed by atoms with Crippen molar-refractivity contribution < 1.29 is 24.5 Å². The summed E-state index contributed by atoms with van der Waals surface area (Å²) in [5.74, 6) is 0.458. The van der Waals surface area contributed by atoms with Crippen molar-refractivity contribution in [1.82, 2.24) is 4.57 Å². The largest absolute Gasteiger partial charge is 0.507 e. The van der Waals surface area contributed by atoms with Crippen LogP contribution in [0.2, 0.25) is 0 Å². The van der Waals surface area contributed by atoms with E-state index >= 15 is 0 Å². The molecular formula is C24H25NO5. The summed E-state index contributed by atoms with van der Waals surface area (Å²) in [4.78, 5) is 12.5. The minimum absolute atomic E-state index is 0.236. The number of aromatic hydroxyl groups is 1. The van der Waals surface area contributed by atoms with Gasteiger partial charge in [0, 0.05) is 23.4 Å². The smallest absolute Gasteiger partial charge is 0.338 e. The first-order valence-corrected chi connectivity index (χ1v) is 9.80. The first kappa shape index (κ1) is 19.9. The van der Waals surface area contributed by atoms with Crippen molar-refractivity contribution in [3.8, 4) is 39.6 Å². The van der Waals surface area contributed by atoms with Crippen molar-refractivity contribution in [3.63, 3.8) is 0 Å². The molecule has 4 rings (SSSR count). The van der Waals surface area contributed by atoms with Gasteiger partial charge in [-0.05, 0) is 73.7 Å². The molecule has 0 amide bonds. The number of ether oxygens (including phenoxy) is 2. The molecule has 0 saturated heterocycles. The fraction of sp³-hybridized carbons (Fsp3) is 0.292. The highest BCUT2D eigenvalue weighted by Crippen LogP contribution is 2.45. The summed E-state index contributed by atoms with van der Waals surface area (Å²) in [7, 11) is 3.17. The summed E-state index contributed by atoms with van der Waals surface area (Å²) in [6.07, 6.45) is 0.768. The van der Waals surface area contributed by atoms with Crippen molar-refractivity contribution in [1.29, 1.82) is 0 Å². The van der Waals surface area contributed by atoms with E-state index in [2.05, 4.69) is 4.57 Å². The van der Waals surface area contributed by atoms with E-state index < -0.39 is 5.97 Å². The van der Waals surface area contributed by atoms with Gasteiger partial charge in [0.1, 0.15) is 5.75 Å². The van der Waals surface area contributed by atoms with E-state index in [1.807, 2.05) is 45.0 Å². The van der Waals surface area contributed by atoms with Crippen molar-refractivity contribution in [3.05, 3.63) is 52.2 Å². The van der Waals surface area contributed by atoms with Gasteiger partial charge in [0.2, 0.25) is 0 Å². The number of aromatic carboxylic acids is 1. The molecule has 156 valence electrons. The summed E-state index contributed by atoms with van der Waals surface area (Å²) in [6.45, 7) is 6.28. The number of aromatic nitrogens is 1. The molecule has 0 bridgehead atoms. The van der Waals surface area contributed by atoms with Crippen LogP contribution >= 0.6 is 0 Å². The Morgan fingerprint density at radius 1 is 1.00 bits per heavy atom. The van der Waals surface area contributed by atoms with Crippen molar-refractivity contribution in [2.24, 2.45) is 0 Å². The molecule has 0 aliphatic carbocycles. The molecule has 1 aliphatic heterocycles. The fourth-order valence-electron chi connectivity index (χ4n) is 4.54. The Bertz CT molecular complexity index is 1170. The molecule has 0 spiro atoms. The zero-order chi connectivity index (χ0) is 21.7. The van der Waals surface area contributed by atoms with Gasteiger partial charge in [-0.15, -0.1) is 0 Å². The Morgan fingerprint density at radius 2 is 1.60 bits per heavy atom. The van der Waals surface area contributed by atoms with Crippen LogP contribution < -0.4 is 9.47 Å². The van der Waals surface area contributed by atoms with Crippen LogP contribution in [0, 0.1) is 20.8 Å². The number of carboxylic acid groups (broad SMARTS) is 1. The Labute approximate surface area is 175 Å². The van der Waals surface area contributed by atoms with E-state index in [-0.39, 0.29) is 11.3 Å². The van der Waals surface area contributed by atoms with Gasteiger partial charge in [-0.1, -0.05) is 0 Å². The Kier molecular flexibility index (Phi) is 4.73. The van der Waals surface area contributed by atoms with E-state index in [9.17, 15) is 15.0 Å². The third kappa shape index (κ3) is 2.83. The third-order valence-corrected chi connectivity index (χ3v) is 5.99. The second-order valence-corrected chi connectivity index (χ2v) is 7.71. The molecule has 1 aliphatic rings. The van der Waals surface area contributed by atoms with Gasteiger partial charge in [-0.2, -0.15) is 0 Å². The van der Waals surface area contributed by atoms with Crippen molar-refractivity contribution in [2.45, 2.75) is 33.7 Å². The lowest BCUT2D eigenvalue weighted by Crippen LogP contribution is -2.14. The predicted molar refractivity (Wildman–Crippen MR) is 115 cm³/mol. The molecule has 2 aromatic carbocycles. The maximum atomic E-state index is 12.5. The summed E-state index contributed by atoms with van der Waals surface area (Å²) in [6, 6.07) is 7.49. The molecule has 6 heteroatoms. The number of aryl methyl sites for hydroxylation is 3. The third-order valence-electron chi connectivity index (χ3n) is 5.99. The summed E-state index contributed by atoms with van der Waals surface area (Å²) in [5.41, 5.74) is 6.64. The van der Waals surface area contributed by atoms with Gasteiger partial charge >= 0.3 is 5.97 Å². The van der Waals surface area contributed by atoms with E-state index in [0.717, 1.165) is 39.9 Å². The molecule has 2 heterocycles. The fourth-order valence-corrected chi connectivity index (χ4v) is 4.54. The van der Waals surface area contributed by atoms with Crippen LogP contribution in [0.25, 0.3) is 22.4 Å². The number of hydrogen-bond donors (Lipinski definition) is 2. The first-order valence-electron chi connectivity index (χ1n) is 9.80. The van der Waals surface area contributed by atoms with Crippen LogP contribution in [-0.2, 0) is 13.0 Å². The number of phenolic OH excluding ortho intramolecular Hbond substituents is 1. The second kappa shape index (κ2) is 7.13. The monoisotopic (exact) mass is 407 g/mol. The Morgan fingerprint density at radius 3 is 2.17 bits per heavy atom. The summed E-state index contributed by atoms with van der Waals surface area (Å²) < 4.78 is 13.0. The van der Waals surface area contributed by atoms with Crippen LogP contribution in [-0.4, -0.2) is 35.0 Å². The number of nitrogens with zero attached hydrogens (tertiary/aromatic N) is 1. The molecule has 0 unspecified atom stereocenters. The molecule has 6 nitrogen and oxygen atoms in total. The number of carboxylic acids is 1. The van der Waals surface area contributed by atoms with Crippen molar-refractivity contribution >= 4 is 5.97 Å². The number of benzene rings is 2. The molecule has 0 atom stereocenters. The Hall–Kier alpha value is -3.41. The topological polar surface area (TPSA) is 80.9 Å². The van der Waals surface area contributed by atoms with E-state index in [4.69, 9.17) is 9.47 Å². The molecule has 0 radical (unpaired) electrons.